The van der Waals surface area contributed by atoms with E-state index in [2.05, 4.69) is 49.8 Å². The van der Waals surface area contributed by atoms with Gasteiger partial charge in [-0.2, -0.15) is 0 Å². The molecule has 0 fully saturated rings. The maximum absolute atomic E-state index is 4.51. The van der Waals surface area contributed by atoms with Gasteiger partial charge in [-0.3, -0.25) is 9.88 Å². The maximum Gasteiger partial charge on any atom is 0.261 e. The third-order valence-electron chi connectivity index (χ3n) is 3.53. The summed E-state index contributed by atoms with van der Waals surface area (Å²) in [4.78, 5) is 9.98. The van der Waals surface area contributed by atoms with Crippen molar-refractivity contribution < 1.29 is 0 Å². The van der Waals surface area contributed by atoms with Crippen molar-refractivity contribution >= 4 is 28.8 Å². The molecule has 0 saturated carbocycles. The summed E-state index contributed by atoms with van der Waals surface area (Å²) in [5.74, 6) is -0.616. The Balaban J connectivity index is 1.46. The van der Waals surface area contributed by atoms with Gasteiger partial charge in [-0.15, -0.1) is 11.3 Å². The lowest BCUT2D eigenvalue weighted by atomic mass is 10.2. The smallest absolute Gasteiger partial charge is 0.261 e. The third-order valence-corrected chi connectivity index (χ3v) is 5.01. The molecule has 0 amide bonds. The first-order valence-electron chi connectivity index (χ1n) is 7.24. The van der Waals surface area contributed by atoms with Crippen molar-refractivity contribution in [3.8, 4) is 0 Å². The number of aliphatic imine (C=N–C) groups is 1. The Bertz CT molecular complexity index is 583. The lowest BCUT2D eigenvalue weighted by molar-refractivity contribution is 0.215. The number of hydrogen-bond acceptors (Lipinski definition) is 7. The molecule has 6 nitrogen and oxygen atoms in total. The molecule has 0 bridgehead atoms. The van der Waals surface area contributed by atoms with Gasteiger partial charge in [-0.1, -0.05) is 6.07 Å². The fourth-order valence-electron chi connectivity index (χ4n) is 2.23. The zero-order chi connectivity index (χ0) is 15.3. The lowest BCUT2D eigenvalue weighted by Crippen LogP contribution is -2.53. The fraction of sp³-hybridized carbons (Fsp3) is 0.429. The van der Waals surface area contributed by atoms with Crippen LogP contribution in [0, 0.1) is 0 Å². The van der Waals surface area contributed by atoms with Gasteiger partial charge in [-0.05, 0) is 36.7 Å². The predicted octanol–water partition coefficient (Wildman–Crippen LogP) is 1.95. The minimum atomic E-state index is -0.616. The van der Waals surface area contributed by atoms with Gasteiger partial charge in [0.25, 0.3) is 5.91 Å². The Hall–Kier alpha value is -1.19. The second kappa shape index (κ2) is 7.38. The van der Waals surface area contributed by atoms with Crippen LogP contribution < -0.4 is 15.4 Å². The Morgan fingerprint density at radius 2 is 2.45 bits per heavy atom. The van der Waals surface area contributed by atoms with Gasteiger partial charge in [0.1, 0.15) is 0 Å². The molecule has 0 aromatic carbocycles. The number of nitrogens with one attached hydrogen (secondary N) is 3. The Kier molecular flexibility index (Phi) is 5.27. The van der Waals surface area contributed by atoms with Crippen molar-refractivity contribution in [2.45, 2.75) is 31.8 Å². The van der Waals surface area contributed by atoms with Crippen molar-refractivity contribution in [1.29, 1.82) is 0 Å². The summed E-state index contributed by atoms with van der Waals surface area (Å²) in [6.45, 7) is 3.98. The molecular formula is C14H20N6S2. The molecule has 3 N–H and O–H groups in total. The number of imidazole rings is 1. The van der Waals surface area contributed by atoms with E-state index in [1.807, 2.05) is 16.3 Å². The summed E-state index contributed by atoms with van der Waals surface area (Å²) >= 11 is 3.27. The quantitative estimate of drug-likeness (QED) is 0.643. The maximum atomic E-state index is 4.51. The summed E-state index contributed by atoms with van der Waals surface area (Å²) < 4.78 is 5.23. The molecule has 2 aromatic heterocycles. The molecule has 3 rings (SSSR count). The van der Waals surface area contributed by atoms with Gasteiger partial charge in [0.05, 0.1) is 11.9 Å². The summed E-state index contributed by atoms with van der Waals surface area (Å²) in [7, 11) is 0. The average Bonchev–Trinajstić information content (AvgIpc) is 3.26. The zero-order valence-electron chi connectivity index (χ0n) is 12.4. The molecule has 3 heterocycles. The lowest BCUT2D eigenvalue weighted by Gasteiger charge is -2.29. The van der Waals surface area contributed by atoms with Crippen molar-refractivity contribution in [2.24, 2.45) is 4.99 Å². The first kappa shape index (κ1) is 15.7. The van der Waals surface area contributed by atoms with Crippen molar-refractivity contribution in [2.75, 3.05) is 6.54 Å². The molecule has 0 spiro atoms. The van der Waals surface area contributed by atoms with E-state index in [1.54, 1.807) is 23.9 Å². The Labute approximate surface area is 138 Å². The van der Waals surface area contributed by atoms with Gasteiger partial charge in [0, 0.05) is 36.4 Å². The number of rotatable bonds is 8. The van der Waals surface area contributed by atoms with E-state index in [9.17, 15) is 0 Å². The van der Waals surface area contributed by atoms with Crippen LogP contribution in [0.25, 0.3) is 0 Å². The van der Waals surface area contributed by atoms with Crippen LogP contribution in [0.5, 0.6) is 0 Å². The largest absolute Gasteiger partial charge is 0.309 e. The van der Waals surface area contributed by atoms with Gasteiger partial charge < -0.3 is 5.32 Å². The fourth-order valence-corrected chi connectivity index (χ4v) is 3.54. The Morgan fingerprint density at radius 1 is 1.50 bits per heavy atom. The van der Waals surface area contributed by atoms with Crippen LogP contribution in [0.4, 0.5) is 0 Å². The summed E-state index contributed by atoms with van der Waals surface area (Å²) in [6.07, 6.45) is 6.45. The molecular weight excluding hydrogens is 316 g/mol. The van der Waals surface area contributed by atoms with Gasteiger partial charge in [0.2, 0.25) is 0 Å². The molecule has 22 heavy (non-hydrogen) atoms. The van der Waals surface area contributed by atoms with E-state index in [0.29, 0.717) is 6.04 Å². The monoisotopic (exact) mass is 336 g/mol. The highest BCUT2D eigenvalue weighted by atomic mass is 32.2. The highest BCUT2D eigenvalue weighted by Gasteiger charge is 2.33. The molecule has 0 radical (unpaired) electrons. The molecule has 2 unspecified atom stereocenters. The summed E-state index contributed by atoms with van der Waals surface area (Å²) in [5.41, 5.74) is 1.81. The summed E-state index contributed by atoms with van der Waals surface area (Å²) in [6, 6.07) is 4.68. The number of hydrogen-bond donors (Lipinski definition) is 3. The minimum Gasteiger partial charge on any atom is -0.309 e. The standard InChI is InChI=1S/C14H20N6S2/c1-12(16-9-13-3-2-8-21-13)4-5-17-14(18-11-22-19-14)20-7-6-15-10-20/h2-3,6-8,10-12,16-17,19H,4-5,9H2,1H3. The molecule has 2 aromatic rings. The van der Waals surface area contributed by atoms with E-state index < -0.39 is 5.91 Å². The Morgan fingerprint density at radius 3 is 3.14 bits per heavy atom. The third kappa shape index (κ3) is 3.76. The number of nitrogens with zero attached hydrogens (tertiary/aromatic N) is 3. The summed E-state index contributed by atoms with van der Waals surface area (Å²) in [5, 5.41) is 9.13. The molecule has 2 atom stereocenters. The van der Waals surface area contributed by atoms with Gasteiger partial charge >= 0.3 is 0 Å². The molecule has 0 aliphatic carbocycles. The molecule has 118 valence electrons. The minimum absolute atomic E-state index is 0.437. The predicted molar refractivity (Wildman–Crippen MR) is 92.7 cm³/mol. The van der Waals surface area contributed by atoms with E-state index in [1.165, 1.54) is 16.8 Å². The zero-order valence-corrected chi connectivity index (χ0v) is 14.0. The normalized spacial score (nSPS) is 22.2. The van der Waals surface area contributed by atoms with Crippen LogP contribution in [-0.2, 0) is 12.5 Å². The van der Waals surface area contributed by atoms with E-state index >= 15 is 0 Å². The topological polar surface area (TPSA) is 66.3 Å². The van der Waals surface area contributed by atoms with Crippen LogP contribution >= 0.6 is 23.3 Å². The van der Waals surface area contributed by atoms with Crippen LogP contribution in [0.1, 0.15) is 18.2 Å². The van der Waals surface area contributed by atoms with Crippen LogP contribution in [-0.4, -0.2) is 27.7 Å². The average molecular weight is 336 g/mol. The van der Waals surface area contributed by atoms with E-state index in [0.717, 1.165) is 19.5 Å². The SMILES string of the molecule is CC(CCNC1(n2ccnc2)N=CSN1)NCc1cccs1. The van der Waals surface area contributed by atoms with E-state index in [-0.39, 0.29) is 0 Å². The highest BCUT2D eigenvalue weighted by Crippen LogP contribution is 2.20. The highest BCUT2D eigenvalue weighted by molar-refractivity contribution is 8.10. The van der Waals surface area contributed by atoms with Crippen LogP contribution in [0.3, 0.4) is 0 Å². The molecule has 1 aliphatic rings. The van der Waals surface area contributed by atoms with Gasteiger partial charge in [0.15, 0.2) is 0 Å². The van der Waals surface area contributed by atoms with E-state index in [4.69, 9.17) is 0 Å². The second-order valence-electron chi connectivity index (χ2n) is 5.17. The van der Waals surface area contributed by atoms with Crippen molar-refractivity contribution in [3.63, 3.8) is 0 Å². The van der Waals surface area contributed by atoms with Crippen molar-refractivity contribution in [1.82, 2.24) is 24.9 Å². The second-order valence-corrected chi connectivity index (χ2v) is 6.86. The number of aromatic nitrogens is 2. The van der Waals surface area contributed by atoms with Crippen LogP contribution in [0.2, 0.25) is 0 Å². The van der Waals surface area contributed by atoms with Crippen LogP contribution in [0.15, 0.2) is 41.2 Å². The van der Waals surface area contributed by atoms with Crippen molar-refractivity contribution in [3.05, 3.63) is 41.1 Å². The molecule has 0 saturated heterocycles. The molecule has 1 aliphatic heterocycles. The first-order chi connectivity index (χ1) is 10.8. The first-order valence-corrected chi connectivity index (χ1v) is 9.00. The number of thiophene rings is 1. The molecule has 8 heteroatoms. The van der Waals surface area contributed by atoms with Gasteiger partial charge in [-0.25, -0.2) is 14.7 Å².